The summed E-state index contributed by atoms with van der Waals surface area (Å²) in [6, 6.07) is 0. The maximum atomic E-state index is 5.03. The summed E-state index contributed by atoms with van der Waals surface area (Å²) in [6.07, 6.45) is 0. The maximum absolute atomic E-state index is 5.03. The minimum atomic E-state index is 0.729. The van der Waals surface area contributed by atoms with Crippen molar-refractivity contribution < 1.29 is 4.74 Å². The van der Waals surface area contributed by atoms with Crippen LogP contribution in [0.1, 0.15) is 6.92 Å². The summed E-state index contributed by atoms with van der Waals surface area (Å²) >= 11 is 5.03. The molecule has 0 unspecified atom stereocenters. The highest BCUT2D eigenvalue weighted by Crippen LogP contribution is 1.80. The van der Waals surface area contributed by atoms with Gasteiger partial charge in [0.05, 0.1) is 6.61 Å². The number of rotatable bonds is 7. The van der Waals surface area contributed by atoms with E-state index in [1.807, 2.05) is 6.92 Å². The van der Waals surface area contributed by atoms with Crippen LogP contribution in [0.3, 0.4) is 0 Å². The van der Waals surface area contributed by atoms with Crippen molar-refractivity contribution in [2.75, 3.05) is 46.9 Å². The molecule has 0 heterocycles. The van der Waals surface area contributed by atoms with Crippen molar-refractivity contribution in [2.45, 2.75) is 6.92 Å². The fraction of sp³-hybridized carbons (Fsp3) is 0.889. The van der Waals surface area contributed by atoms with E-state index >= 15 is 0 Å². The Morgan fingerprint density at radius 3 is 2.64 bits per heavy atom. The first-order valence-electron chi connectivity index (χ1n) is 4.89. The summed E-state index contributed by atoms with van der Waals surface area (Å²) in [5.74, 6) is 0. The third kappa shape index (κ3) is 8.22. The molecule has 14 heavy (non-hydrogen) atoms. The molecule has 84 valence electrons. The van der Waals surface area contributed by atoms with Crippen LogP contribution in [0.2, 0.25) is 0 Å². The Kier molecular flexibility index (Phi) is 8.92. The molecule has 0 rings (SSSR count). The molecule has 0 atom stereocenters. The van der Waals surface area contributed by atoms with Gasteiger partial charge in [0.1, 0.15) is 0 Å². The van der Waals surface area contributed by atoms with Crippen molar-refractivity contribution in [1.29, 1.82) is 0 Å². The molecule has 0 aromatic rings. The van der Waals surface area contributed by atoms with Crippen LogP contribution in [0.25, 0.3) is 0 Å². The molecule has 5 heteroatoms. The summed E-state index contributed by atoms with van der Waals surface area (Å²) in [5.41, 5.74) is 0. The summed E-state index contributed by atoms with van der Waals surface area (Å²) < 4.78 is 4.98. The Morgan fingerprint density at radius 2 is 2.07 bits per heavy atom. The van der Waals surface area contributed by atoms with E-state index in [0.29, 0.717) is 0 Å². The lowest BCUT2D eigenvalue weighted by molar-refractivity contribution is 0.162. The fourth-order valence-corrected chi connectivity index (χ4v) is 1.19. The van der Waals surface area contributed by atoms with E-state index in [1.165, 1.54) is 0 Å². The van der Waals surface area contributed by atoms with Crippen LogP contribution in [0, 0.1) is 0 Å². The Balaban J connectivity index is 3.29. The van der Waals surface area contributed by atoms with E-state index in [-0.39, 0.29) is 0 Å². The highest BCUT2D eigenvalue weighted by atomic mass is 32.1. The molecule has 0 aliphatic heterocycles. The van der Waals surface area contributed by atoms with Crippen LogP contribution < -0.4 is 10.6 Å². The molecule has 0 amide bonds. The zero-order chi connectivity index (χ0) is 10.8. The van der Waals surface area contributed by atoms with Crippen molar-refractivity contribution in [2.24, 2.45) is 0 Å². The standard InChI is InChI=1S/C9H21N3OS/c1-4-10-9(14)11-5-6-12(2)7-8-13-3/h4-8H2,1-3H3,(H2,10,11,14). The van der Waals surface area contributed by atoms with E-state index in [9.17, 15) is 0 Å². The number of methoxy groups -OCH3 is 1. The third-order valence-electron chi connectivity index (χ3n) is 1.79. The summed E-state index contributed by atoms with van der Waals surface area (Å²) in [5, 5.41) is 6.90. The lowest BCUT2D eigenvalue weighted by atomic mass is 10.5. The smallest absolute Gasteiger partial charge is 0.166 e. The van der Waals surface area contributed by atoms with E-state index in [4.69, 9.17) is 17.0 Å². The number of nitrogens with one attached hydrogen (secondary N) is 2. The van der Waals surface area contributed by atoms with Gasteiger partial charge in [-0.1, -0.05) is 0 Å². The largest absolute Gasteiger partial charge is 0.383 e. The second-order valence-electron chi connectivity index (χ2n) is 3.08. The molecule has 2 N–H and O–H groups in total. The van der Waals surface area contributed by atoms with Gasteiger partial charge in [0.25, 0.3) is 0 Å². The first kappa shape index (κ1) is 13.6. The second kappa shape index (κ2) is 9.18. The highest BCUT2D eigenvalue weighted by Gasteiger charge is 1.97. The Morgan fingerprint density at radius 1 is 1.36 bits per heavy atom. The van der Waals surface area contributed by atoms with Crippen LogP contribution in [-0.2, 0) is 4.74 Å². The maximum Gasteiger partial charge on any atom is 0.166 e. The monoisotopic (exact) mass is 219 g/mol. The van der Waals surface area contributed by atoms with E-state index in [0.717, 1.165) is 37.9 Å². The number of nitrogens with zero attached hydrogens (tertiary/aromatic N) is 1. The van der Waals surface area contributed by atoms with Crippen LogP contribution in [-0.4, -0.2) is 57.0 Å². The summed E-state index contributed by atoms with van der Waals surface area (Å²) in [6.45, 7) is 6.45. The minimum absolute atomic E-state index is 0.729. The average molecular weight is 219 g/mol. The second-order valence-corrected chi connectivity index (χ2v) is 3.49. The lowest BCUT2D eigenvalue weighted by Gasteiger charge is -2.16. The van der Waals surface area contributed by atoms with Gasteiger partial charge in [0.15, 0.2) is 5.11 Å². The Hall–Kier alpha value is -0.390. The van der Waals surface area contributed by atoms with Gasteiger partial charge in [-0.25, -0.2) is 0 Å². The number of thiocarbonyl (C=S) groups is 1. The first-order chi connectivity index (χ1) is 6.70. The van der Waals surface area contributed by atoms with Crippen molar-refractivity contribution in [1.82, 2.24) is 15.5 Å². The molecule has 0 aromatic carbocycles. The van der Waals surface area contributed by atoms with Gasteiger partial charge in [-0.05, 0) is 26.2 Å². The summed E-state index contributed by atoms with van der Waals surface area (Å²) in [7, 11) is 3.78. The normalized spacial score (nSPS) is 10.3. The van der Waals surface area contributed by atoms with Gasteiger partial charge in [-0.15, -0.1) is 0 Å². The minimum Gasteiger partial charge on any atom is -0.383 e. The van der Waals surface area contributed by atoms with Gasteiger partial charge >= 0.3 is 0 Å². The zero-order valence-electron chi connectivity index (χ0n) is 9.30. The number of hydrogen-bond donors (Lipinski definition) is 2. The predicted molar refractivity (Wildman–Crippen MR) is 63.7 cm³/mol. The number of ether oxygens (including phenoxy) is 1. The van der Waals surface area contributed by atoms with Crippen LogP contribution in [0.15, 0.2) is 0 Å². The van der Waals surface area contributed by atoms with Crippen molar-refractivity contribution in [3.05, 3.63) is 0 Å². The van der Waals surface area contributed by atoms with Gasteiger partial charge in [0.2, 0.25) is 0 Å². The molecular weight excluding hydrogens is 198 g/mol. The Labute approximate surface area is 92.0 Å². The number of hydrogen-bond acceptors (Lipinski definition) is 3. The van der Waals surface area contributed by atoms with Gasteiger partial charge in [-0.2, -0.15) is 0 Å². The quantitative estimate of drug-likeness (QED) is 0.592. The molecule has 0 radical (unpaired) electrons. The first-order valence-corrected chi connectivity index (χ1v) is 5.30. The SMILES string of the molecule is CCNC(=S)NCCN(C)CCOC. The number of likely N-dealkylation sites (N-methyl/N-ethyl adjacent to an activating group) is 1. The molecule has 0 aliphatic carbocycles. The molecular formula is C9H21N3OS. The van der Waals surface area contributed by atoms with E-state index in [2.05, 4.69) is 22.6 Å². The average Bonchev–Trinajstić information content (AvgIpc) is 2.15. The topological polar surface area (TPSA) is 36.5 Å². The van der Waals surface area contributed by atoms with Gasteiger partial charge < -0.3 is 20.3 Å². The van der Waals surface area contributed by atoms with Crippen molar-refractivity contribution in [3.63, 3.8) is 0 Å². The van der Waals surface area contributed by atoms with Crippen LogP contribution in [0.5, 0.6) is 0 Å². The van der Waals surface area contributed by atoms with Crippen LogP contribution >= 0.6 is 12.2 Å². The predicted octanol–water partition coefficient (Wildman–Crippen LogP) is 0.0486. The zero-order valence-corrected chi connectivity index (χ0v) is 10.1. The molecule has 0 aliphatic rings. The summed E-state index contributed by atoms with van der Waals surface area (Å²) in [4.78, 5) is 2.20. The molecule has 0 fully saturated rings. The van der Waals surface area contributed by atoms with Crippen molar-refractivity contribution in [3.8, 4) is 0 Å². The molecule has 4 nitrogen and oxygen atoms in total. The van der Waals surface area contributed by atoms with E-state index < -0.39 is 0 Å². The molecule has 0 saturated carbocycles. The molecule has 0 aromatic heterocycles. The van der Waals surface area contributed by atoms with Gasteiger partial charge in [-0.3, -0.25) is 0 Å². The molecule has 0 bridgehead atoms. The fourth-order valence-electron chi connectivity index (χ4n) is 0.942. The van der Waals surface area contributed by atoms with Crippen LogP contribution in [0.4, 0.5) is 0 Å². The molecule has 0 saturated heterocycles. The highest BCUT2D eigenvalue weighted by molar-refractivity contribution is 7.80. The van der Waals surface area contributed by atoms with E-state index in [1.54, 1.807) is 7.11 Å². The molecule has 0 spiro atoms. The lowest BCUT2D eigenvalue weighted by Crippen LogP contribution is -2.39. The third-order valence-corrected chi connectivity index (χ3v) is 2.08. The van der Waals surface area contributed by atoms with Crippen molar-refractivity contribution >= 4 is 17.3 Å². The van der Waals surface area contributed by atoms with Gasteiger partial charge in [0, 0.05) is 33.3 Å². The Bertz CT molecular complexity index is 155.